The molecule has 0 saturated heterocycles. The highest BCUT2D eigenvalue weighted by atomic mass is 16.7. The average molecular weight is 338 g/mol. The molecule has 2 amide bonds. The van der Waals surface area contributed by atoms with E-state index in [9.17, 15) is 9.59 Å². The third-order valence-corrected chi connectivity index (χ3v) is 3.94. The highest BCUT2D eigenvalue weighted by molar-refractivity contribution is 6.14. The van der Waals surface area contributed by atoms with E-state index in [1.54, 1.807) is 30.3 Å². The number of nitrogens with one attached hydrogen (secondary N) is 1. The lowest BCUT2D eigenvalue weighted by Crippen LogP contribution is -2.17. The van der Waals surface area contributed by atoms with Crippen LogP contribution in [-0.4, -0.2) is 18.6 Å². The molecule has 1 aliphatic heterocycles. The second-order valence-corrected chi connectivity index (χ2v) is 5.69. The number of ether oxygens (including phenoxy) is 2. The predicted molar refractivity (Wildman–Crippen MR) is 90.0 cm³/mol. The van der Waals surface area contributed by atoms with E-state index in [2.05, 4.69) is 5.32 Å². The van der Waals surface area contributed by atoms with Crippen molar-refractivity contribution in [1.29, 1.82) is 0 Å². The number of primary amides is 1. The Bertz CT molecular complexity index is 1020. The number of carbonyl (C=O) groups is 2. The van der Waals surface area contributed by atoms with Crippen molar-refractivity contribution in [3.63, 3.8) is 0 Å². The molecule has 0 spiro atoms. The van der Waals surface area contributed by atoms with Crippen molar-refractivity contribution in [2.45, 2.75) is 6.92 Å². The summed E-state index contributed by atoms with van der Waals surface area (Å²) in [6, 6.07) is 10.3. The molecular weight excluding hydrogens is 324 g/mol. The first kappa shape index (κ1) is 15.1. The van der Waals surface area contributed by atoms with Crippen molar-refractivity contribution in [2.75, 3.05) is 12.1 Å². The van der Waals surface area contributed by atoms with Gasteiger partial charge in [-0.25, -0.2) is 0 Å². The molecule has 2 aromatic carbocycles. The highest BCUT2D eigenvalue weighted by Crippen LogP contribution is 2.34. The standard InChI is InChI=1S/C18H14N2O5/c1-9-2-4-11-13(6-9)25-16(17(19)21)15(11)20-18(22)10-3-5-12-14(7-10)24-8-23-12/h2-7H,8H2,1H3,(H2,19,21)(H,20,22). The van der Waals surface area contributed by atoms with Crippen molar-refractivity contribution in [1.82, 2.24) is 0 Å². The monoisotopic (exact) mass is 338 g/mol. The predicted octanol–water partition coefficient (Wildman–Crippen LogP) is 2.82. The van der Waals surface area contributed by atoms with E-state index in [-0.39, 0.29) is 18.2 Å². The Morgan fingerprint density at radius 1 is 1.08 bits per heavy atom. The number of fused-ring (bicyclic) bond motifs is 2. The number of hydrogen-bond donors (Lipinski definition) is 2. The summed E-state index contributed by atoms with van der Waals surface area (Å²) < 4.78 is 16.0. The molecule has 2 heterocycles. The van der Waals surface area contributed by atoms with E-state index >= 15 is 0 Å². The quantitative estimate of drug-likeness (QED) is 0.764. The molecule has 0 saturated carbocycles. The zero-order valence-electron chi connectivity index (χ0n) is 13.3. The van der Waals surface area contributed by atoms with Gasteiger partial charge in [0.15, 0.2) is 11.5 Å². The normalized spacial score (nSPS) is 12.4. The van der Waals surface area contributed by atoms with E-state index < -0.39 is 11.8 Å². The van der Waals surface area contributed by atoms with Gasteiger partial charge in [-0.1, -0.05) is 6.07 Å². The summed E-state index contributed by atoms with van der Waals surface area (Å²) in [6.45, 7) is 2.02. The minimum absolute atomic E-state index is 0.0882. The van der Waals surface area contributed by atoms with Crippen molar-refractivity contribution >= 4 is 28.5 Å². The number of aryl methyl sites for hydroxylation is 1. The van der Waals surface area contributed by atoms with Gasteiger partial charge in [0.2, 0.25) is 12.6 Å². The lowest BCUT2D eigenvalue weighted by molar-refractivity contribution is 0.0977. The molecule has 3 aromatic rings. The Kier molecular flexibility index (Phi) is 3.35. The zero-order chi connectivity index (χ0) is 17.6. The van der Waals surface area contributed by atoms with E-state index in [1.807, 2.05) is 13.0 Å². The lowest BCUT2D eigenvalue weighted by atomic mass is 10.1. The Labute approximate surface area is 142 Å². The number of carbonyl (C=O) groups excluding carboxylic acids is 2. The summed E-state index contributed by atoms with van der Waals surface area (Å²) in [4.78, 5) is 24.3. The first-order valence-corrected chi connectivity index (χ1v) is 7.57. The molecule has 3 N–H and O–H groups in total. The molecule has 7 heteroatoms. The molecule has 0 fully saturated rings. The van der Waals surface area contributed by atoms with E-state index in [1.165, 1.54) is 0 Å². The van der Waals surface area contributed by atoms with Crippen LogP contribution < -0.4 is 20.5 Å². The van der Waals surface area contributed by atoms with Crippen LogP contribution in [0.3, 0.4) is 0 Å². The maximum Gasteiger partial charge on any atom is 0.286 e. The van der Waals surface area contributed by atoms with Gasteiger partial charge in [0.25, 0.3) is 11.8 Å². The second-order valence-electron chi connectivity index (χ2n) is 5.69. The molecule has 1 aromatic heterocycles. The van der Waals surface area contributed by atoms with Crippen molar-refractivity contribution < 1.29 is 23.5 Å². The number of nitrogens with two attached hydrogens (primary N) is 1. The fourth-order valence-electron chi connectivity index (χ4n) is 2.72. The third kappa shape index (κ3) is 2.55. The van der Waals surface area contributed by atoms with Crippen molar-refractivity contribution in [2.24, 2.45) is 5.73 Å². The summed E-state index contributed by atoms with van der Waals surface area (Å²) in [7, 11) is 0. The Morgan fingerprint density at radius 2 is 1.88 bits per heavy atom. The van der Waals surface area contributed by atoms with Crippen LogP contribution in [0.2, 0.25) is 0 Å². The number of hydrogen-bond acceptors (Lipinski definition) is 5. The fourth-order valence-corrected chi connectivity index (χ4v) is 2.72. The molecule has 1 aliphatic rings. The maximum absolute atomic E-state index is 12.6. The van der Waals surface area contributed by atoms with Crippen LogP contribution in [0.5, 0.6) is 11.5 Å². The SMILES string of the molecule is Cc1ccc2c(NC(=O)c3ccc4c(c3)OCO4)c(C(N)=O)oc2c1. The molecule has 126 valence electrons. The summed E-state index contributed by atoms with van der Waals surface area (Å²) in [6.07, 6.45) is 0. The molecule has 7 nitrogen and oxygen atoms in total. The minimum Gasteiger partial charge on any atom is -0.454 e. The molecule has 4 rings (SSSR count). The largest absolute Gasteiger partial charge is 0.454 e. The van der Waals surface area contributed by atoms with Gasteiger partial charge >= 0.3 is 0 Å². The first-order valence-electron chi connectivity index (χ1n) is 7.57. The van der Waals surface area contributed by atoms with Gasteiger partial charge in [0.05, 0.1) is 0 Å². The molecule has 0 atom stereocenters. The highest BCUT2D eigenvalue weighted by Gasteiger charge is 2.22. The van der Waals surface area contributed by atoms with Crippen LogP contribution in [0.15, 0.2) is 40.8 Å². The van der Waals surface area contributed by atoms with Crippen LogP contribution in [-0.2, 0) is 0 Å². The Balaban J connectivity index is 1.73. The van der Waals surface area contributed by atoms with Gasteiger partial charge in [0.1, 0.15) is 11.3 Å². The van der Waals surface area contributed by atoms with E-state index in [4.69, 9.17) is 19.6 Å². The van der Waals surface area contributed by atoms with Gasteiger partial charge in [-0.15, -0.1) is 0 Å². The second kappa shape index (κ2) is 5.55. The number of amides is 2. The van der Waals surface area contributed by atoms with Crippen LogP contribution >= 0.6 is 0 Å². The smallest absolute Gasteiger partial charge is 0.286 e. The topological polar surface area (TPSA) is 104 Å². The molecule has 25 heavy (non-hydrogen) atoms. The average Bonchev–Trinajstić information content (AvgIpc) is 3.18. The molecule has 0 radical (unpaired) electrons. The fraction of sp³-hybridized carbons (Fsp3) is 0.111. The molecule has 0 unspecified atom stereocenters. The summed E-state index contributed by atoms with van der Waals surface area (Å²) in [5.74, 6) is -0.178. The van der Waals surface area contributed by atoms with Crippen LogP contribution in [0, 0.1) is 6.92 Å². The van der Waals surface area contributed by atoms with Gasteiger partial charge in [-0.3, -0.25) is 9.59 Å². The van der Waals surface area contributed by atoms with Gasteiger partial charge in [0, 0.05) is 10.9 Å². The summed E-state index contributed by atoms with van der Waals surface area (Å²) in [5, 5.41) is 3.32. The minimum atomic E-state index is -0.755. The zero-order valence-corrected chi connectivity index (χ0v) is 13.3. The van der Waals surface area contributed by atoms with Crippen molar-refractivity contribution in [3.05, 3.63) is 53.3 Å². The van der Waals surface area contributed by atoms with Crippen LogP contribution in [0.25, 0.3) is 11.0 Å². The molecule has 0 bridgehead atoms. The Morgan fingerprint density at radius 3 is 2.68 bits per heavy atom. The first-order chi connectivity index (χ1) is 12.0. The van der Waals surface area contributed by atoms with E-state index in [0.29, 0.717) is 28.0 Å². The Hall–Kier alpha value is -3.48. The maximum atomic E-state index is 12.6. The molecular formula is C18H14N2O5. The van der Waals surface area contributed by atoms with Crippen LogP contribution in [0.4, 0.5) is 5.69 Å². The summed E-state index contributed by atoms with van der Waals surface area (Å²) in [5.41, 5.74) is 7.45. The van der Waals surface area contributed by atoms with Gasteiger partial charge in [-0.05, 0) is 42.8 Å². The lowest BCUT2D eigenvalue weighted by Gasteiger charge is -2.06. The van der Waals surface area contributed by atoms with Gasteiger partial charge in [-0.2, -0.15) is 0 Å². The molecule has 0 aliphatic carbocycles. The number of anilines is 1. The van der Waals surface area contributed by atoms with Crippen LogP contribution in [0.1, 0.15) is 26.5 Å². The number of rotatable bonds is 3. The summed E-state index contributed by atoms with van der Waals surface area (Å²) >= 11 is 0. The van der Waals surface area contributed by atoms with Gasteiger partial charge < -0.3 is 24.9 Å². The number of benzene rings is 2. The number of furan rings is 1. The van der Waals surface area contributed by atoms with E-state index in [0.717, 1.165) is 5.56 Å². The third-order valence-electron chi connectivity index (χ3n) is 3.94. The van der Waals surface area contributed by atoms with Crippen molar-refractivity contribution in [3.8, 4) is 11.5 Å².